The Morgan fingerprint density at radius 2 is 1.80 bits per heavy atom. The van der Waals surface area contributed by atoms with Gasteiger partial charge < -0.3 is 4.42 Å². The zero-order valence-corrected chi connectivity index (χ0v) is 15.8. The maximum atomic E-state index is 13.1. The van der Waals surface area contributed by atoms with Crippen LogP contribution in [0.25, 0.3) is 11.5 Å². The molecule has 1 aromatic carbocycles. The van der Waals surface area contributed by atoms with Gasteiger partial charge >= 0.3 is 12.4 Å². The Morgan fingerprint density at radius 1 is 1.07 bits per heavy atom. The van der Waals surface area contributed by atoms with E-state index in [-0.39, 0.29) is 36.2 Å². The lowest BCUT2D eigenvalue weighted by Crippen LogP contribution is -2.10. The first-order valence-electron chi connectivity index (χ1n) is 8.87. The van der Waals surface area contributed by atoms with E-state index in [0.717, 1.165) is 25.0 Å². The van der Waals surface area contributed by atoms with Crippen molar-refractivity contribution >= 4 is 11.6 Å². The second-order valence-electron chi connectivity index (χ2n) is 6.87. The van der Waals surface area contributed by atoms with Crippen LogP contribution in [0.4, 0.5) is 26.3 Å². The molecule has 0 atom stereocenters. The first-order chi connectivity index (χ1) is 14.0. The summed E-state index contributed by atoms with van der Waals surface area (Å²) in [6, 6.07) is 4.40. The molecule has 1 fully saturated rings. The first-order valence-corrected chi connectivity index (χ1v) is 9.25. The van der Waals surface area contributed by atoms with Crippen LogP contribution in [0.15, 0.2) is 28.7 Å². The molecule has 0 radical (unpaired) electrons. The van der Waals surface area contributed by atoms with Gasteiger partial charge in [0.15, 0.2) is 5.69 Å². The van der Waals surface area contributed by atoms with Crippen LogP contribution < -0.4 is 0 Å². The summed E-state index contributed by atoms with van der Waals surface area (Å²) in [7, 11) is 0. The average Bonchev–Trinajstić information content (AvgIpc) is 3.27. The number of hydrogen-bond acceptors (Lipinski definition) is 4. The lowest BCUT2D eigenvalue weighted by molar-refractivity contribution is -0.141. The maximum absolute atomic E-state index is 13.1. The highest BCUT2D eigenvalue weighted by Crippen LogP contribution is 2.47. The summed E-state index contributed by atoms with van der Waals surface area (Å²) in [4.78, 5) is 0. The number of nitrogens with zero attached hydrogens (tertiary/aromatic N) is 4. The summed E-state index contributed by atoms with van der Waals surface area (Å²) >= 11 is 5.92. The summed E-state index contributed by atoms with van der Waals surface area (Å²) < 4.78 is 84.5. The second kappa shape index (κ2) is 7.29. The number of alkyl halides is 6. The van der Waals surface area contributed by atoms with Crippen LogP contribution in [0.2, 0.25) is 5.02 Å². The van der Waals surface area contributed by atoms with Crippen LogP contribution >= 0.6 is 11.6 Å². The zero-order chi connectivity index (χ0) is 21.7. The van der Waals surface area contributed by atoms with E-state index in [9.17, 15) is 26.3 Å². The van der Waals surface area contributed by atoms with Gasteiger partial charge in [0.1, 0.15) is 0 Å². The van der Waals surface area contributed by atoms with Crippen LogP contribution in [0.1, 0.15) is 41.6 Å². The summed E-state index contributed by atoms with van der Waals surface area (Å²) in [5.74, 6) is -0.137. The molecule has 12 heteroatoms. The third-order valence-electron chi connectivity index (χ3n) is 4.61. The minimum atomic E-state index is -4.67. The van der Waals surface area contributed by atoms with Crippen molar-refractivity contribution in [1.82, 2.24) is 20.0 Å². The predicted molar refractivity (Wildman–Crippen MR) is 92.7 cm³/mol. The van der Waals surface area contributed by atoms with Crippen molar-refractivity contribution in [3.05, 3.63) is 52.1 Å². The number of hydrogen-bond donors (Lipinski definition) is 0. The van der Waals surface area contributed by atoms with Gasteiger partial charge in [-0.2, -0.15) is 31.4 Å². The molecule has 0 saturated heterocycles. The van der Waals surface area contributed by atoms with Gasteiger partial charge in [-0.15, -0.1) is 10.2 Å². The molecule has 2 heterocycles. The minimum absolute atomic E-state index is 0.00581. The second-order valence-corrected chi connectivity index (χ2v) is 7.25. The van der Waals surface area contributed by atoms with Crippen LogP contribution in [0.3, 0.4) is 0 Å². The van der Waals surface area contributed by atoms with E-state index in [1.54, 1.807) is 0 Å². The molecule has 2 aromatic heterocycles. The summed E-state index contributed by atoms with van der Waals surface area (Å²) in [6.45, 7) is 0.00581. The Bertz CT molecular complexity index is 1070. The largest absolute Gasteiger partial charge is 0.436 e. The molecule has 0 spiro atoms. The lowest BCUT2D eigenvalue weighted by atomic mass is 10.1. The number of rotatable bonds is 5. The molecule has 0 unspecified atom stereocenters. The highest BCUT2D eigenvalue weighted by Gasteiger charge is 2.42. The molecule has 1 aliphatic rings. The van der Waals surface area contributed by atoms with E-state index in [2.05, 4.69) is 15.3 Å². The fraction of sp³-hybridized carbons (Fsp3) is 0.389. The molecule has 0 bridgehead atoms. The van der Waals surface area contributed by atoms with Crippen LogP contribution in [-0.2, 0) is 25.3 Å². The molecular weight excluding hydrogens is 438 g/mol. The molecular formula is C18H13ClF6N4O. The Morgan fingerprint density at radius 3 is 2.43 bits per heavy atom. The molecule has 160 valence electrons. The topological polar surface area (TPSA) is 56.7 Å². The van der Waals surface area contributed by atoms with E-state index < -0.39 is 28.6 Å². The third-order valence-corrected chi connectivity index (χ3v) is 4.98. The van der Waals surface area contributed by atoms with Crippen molar-refractivity contribution in [3.8, 4) is 11.5 Å². The summed E-state index contributed by atoms with van der Waals surface area (Å²) in [6.07, 6.45) is -7.70. The molecule has 4 rings (SSSR count). The Balaban J connectivity index is 1.53. The van der Waals surface area contributed by atoms with Gasteiger partial charge in [0, 0.05) is 17.9 Å². The van der Waals surface area contributed by atoms with Gasteiger partial charge in [-0.05, 0) is 31.0 Å². The quantitative estimate of drug-likeness (QED) is 0.465. The first kappa shape index (κ1) is 20.7. The van der Waals surface area contributed by atoms with Crippen molar-refractivity contribution in [2.45, 2.75) is 44.1 Å². The Labute approximate surface area is 170 Å². The van der Waals surface area contributed by atoms with E-state index >= 15 is 0 Å². The molecule has 0 amide bonds. The number of benzene rings is 1. The average molecular weight is 451 g/mol. The van der Waals surface area contributed by atoms with Crippen LogP contribution in [0.5, 0.6) is 0 Å². The molecule has 1 saturated carbocycles. The molecule has 1 aliphatic carbocycles. The summed E-state index contributed by atoms with van der Waals surface area (Å²) in [5, 5.41) is 10.7. The molecule has 5 nitrogen and oxygen atoms in total. The lowest BCUT2D eigenvalue weighted by Gasteiger charge is -2.06. The van der Waals surface area contributed by atoms with Crippen molar-refractivity contribution in [3.63, 3.8) is 0 Å². The van der Waals surface area contributed by atoms with E-state index in [1.165, 1.54) is 16.8 Å². The normalized spacial score (nSPS) is 15.0. The monoisotopic (exact) mass is 450 g/mol. The predicted octanol–water partition coefficient (Wildman–Crippen LogP) is 5.74. The molecule has 0 aliphatic heterocycles. The molecule has 30 heavy (non-hydrogen) atoms. The maximum Gasteiger partial charge on any atom is 0.436 e. The van der Waals surface area contributed by atoms with E-state index in [1.807, 2.05) is 0 Å². The highest BCUT2D eigenvalue weighted by molar-refractivity contribution is 6.32. The summed E-state index contributed by atoms with van der Waals surface area (Å²) in [5.41, 5.74) is -1.59. The van der Waals surface area contributed by atoms with Gasteiger partial charge in [0.05, 0.1) is 22.8 Å². The number of aryl methyl sites for hydroxylation is 2. The van der Waals surface area contributed by atoms with Crippen molar-refractivity contribution in [1.29, 1.82) is 0 Å². The van der Waals surface area contributed by atoms with Gasteiger partial charge in [-0.1, -0.05) is 17.7 Å². The fourth-order valence-corrected chi connectivity index (χ4v) is 3.45. The number of aromatic nitrogens is 4. The van der Waals surface area contributed by atoms with Crippen molar-refractivity contribution in [2.75, 3.05) is 0 Å². The Kier molecular flexibility index (Phi) is 5.03. The van der Waals surface area contributed by atoms with Crippen LogP contribution in [0, 0.1) is 0 Å². The van der Waals surface area contributed by atoms with E-state index in [4.69, 9.17) is 16.0 Å². The van der Waals surface area contributed by atoms with Crippen molar-refractivity contribution < 1.29 is 30.8 Å². The minimum Gasteiger partial charge on any atom is -0.421 e. The van der Waals surface area contributed by atoms with Crippen molar-refractivity contribution in [2.24, 2.45) is 0 Å². The van der Waals surface area contributed by atoms with Gasteiger partial charge in [0.2, 0.25) is 11.8 Å². The standard InChI is InChI=1S/C18H13ClF6N4O/c19-13-14(9-4-5-9)29(28-15(13)18(23,24)25)7-6-12-26-27-16(30-12)10-2-1-3-11(8-10)17(20,21)22/h1-3,8-9H,4-7H2. The Hall–Kier alpha value is -2.56. The van der Waals surface area contributed by atoms with E-state index in [0.29, 0.717) is 5.69 Å². The van der Waals surface area contributed by atoms with Crippen LogP contribution in [-0.4, -0.2) is 20.0 Å². The third kappa shape index (κ3) is 4.16. The van der Waals surface area contributed by atoms with Gasteiger partial charge in [-0.3, -0.25) is 4.68 Å². The fourth-order valence-electron chi connectivity index (χ4n) is 3.05. The SMILES string of the molecule is FC(F)(F)c1cccc(-c2nnc(CCn3nc(C(F)(F)F)c(Cl)c3C3CC3)o2)c1. The smallest absolute Gasteiger partial charge is 0.421 e. The molecule has 0 N–H and O–H groups in total. The van der Waals surface area contributed by atoms with Gasteiger partial charge in [-0.25, -0.2) is 0 Å². The molecule has 3 aromatic rings. The zero-order valence-electron chi connectivity index (χ0n) is 15.1. The number of halogens is 7. The van der Waals surface area contributed by atoms with Gasteiger partial charge in [0.25, 0.3) is 0 Å². The highest BCUT2D eigenvalue weighted by atomic mass is 35.5.